The number of anilines is 1. The van der Waals surface area contributed by atoms with Gasteiger partial charge in [0.1, 0.15) is 11.6 Å². The van der Waals surface area contributed by atoms with Crippen LogP contribution in [0.4, 0.5) is 19.0 Å². The lowest BCUT2D eigenvalue weighted by Crippen LogP contribution is -2.35. The van der Waals surface area contributed by atoms with E-state index < -0.39 is 24.2 Å². The maximum absolute atomic E-state index is 13.9. The lowest BCUT2D eigenvalue weighted by Gasteiger charge is -2.33. The van der Waals surface area contributed by atoms with Crippen LogP contribution in [0.5, 0.6) is 17.2 Å². The zero-order valence-corrected chi connectivity index (χ0v) is 18.1. The molecule has 0 radical (unpaired) electrons. The number of hydrogen-bond donors (Lipinski definition) is 2. The number of methoxy groups -OCH3 is 1. The number of nitrogens with zero attached hydrogens (tertiary/aromatic N) is 2. The van der Waals surface area contributed by atoms with Gasteiger partial charge in [0, 0.05) is 19.0 Å². The first-order valence-corrected chi connectivity index (χ1v) is 10.6. The first-order chi connectivity index (χ1) is 16.3. The molecule has 2 unspecified atom stereocenters. The fourth-order valence-corrected chi connectivity index (χ4v) is 4.06. The number of rotatable bonds is 5. The SMILES string of the molecule is COc1ccc(C2CC(C(F)(F)F)n3nc(C(=O)NCc4ccc5c(c4)OCO5)cc3N2)cc1. The average molecular weight is 474 g/mol. The molecular formula is C23H21F3N4O4. The number of fused-ring (bicyclic) bond motifs is 2. The fraction of sp³-hybridized carbons (Fsp3) is 0.304. The van der Waals surface area contributed by atoms with E-state index in [0.717, 1.165) is 10.2 Å². The standard InChI is InChI=1S/C23H21F3N4O4/c1-32-15-5-3-14(4-6-15)16-9-20(23(24,25)26)30-21(28-16)10-17(29-30)22(31)27-11-13-2-7-18-19(8-13)34-12-33-18/h2-8,10,16,20,28H,9,11-12H2,1H3,(H,27,31). The van der Waals surface area contributed by atoms with E-state index in [2.05, 4.69) is 15.7 Å². The van der Waals surface area contributed by atoms with E-state index in [0.29, 0.717) is 22.8 Å². The molecule has 8 nitrogen and oxygen atoms in total. The Balaban J connectivity index is 1.35. The Kier molecular flexibility index (Phi) is 5.46. The molecule has 34 heavy (non-hydrogen) atoms. The van der Waals surface area contributed by atoms with Crippen LogP contribution in [0.2, 0.25) is 0 Å². The Hall–Kier alpha value is -3.89. The van der Waals surface area contributed by atoms with Gasteiger partial charge < -0.3 is 24.8 Å². The third-order valence-corrected chi connectivity index (χ3v) is 5.83. The van der Waals surface area contributed by atoms with E-state index >= 15 is 0 Å². The van der Waals surface area contributed by atoms with Crippen molar-refractivity contribution in [3.05, 3.63) is 65.4 Å². The summed E-state index contributed by atoms with van der Waals surface area (Å²) in [5.41, 5.74) is 1.33. The van der Waals surface area contributed by atoms with E-state index in [9.17, 15) is 18.0 Å². The monoisotopic (exact) mass is 474 g/mol. The minimum absolute atomic E-state index is 0.104. The number of carbonyl (C=O) groups excluding carboxylic acids is 1. The van der Waals surface area contributed by atoms with Gasteiger partial charge in [0.15, 0.2) is 23.2 Å². The van der Waals surface area contributed by atoms with Gasteiger partial charge in [-0.1, -0.05) is 18.2 Å². The second-order valence-corrected chi connectivity index (χ2v) is 7.99. The van der Waals surface area contributed by atoms with Crippen molar-refractivity contribution < 1.29 is 32.2 Å². The van der Waals surface area contributed by atoms with Crippen LogP contribution in [0, 0.1) is 0 Å². The van der Waals surface area contributed by atoms with E-state index in [4.69, 9.17) is 14.2 Å². The van der Waals surface area contributed by atoms with Gasteiger partial charge in [0.2, 0.25) is 6.79 Å². The van der Waals surface area contributed by atoms with E-state index in [-0.39, 0.29) is 31.3 Å². The highest BCUT2D eigenvalue weighted by molar-refractivity contribution is 5.93. The predicted molar refractivity (Wildman–Crippen MR) is 115 cm³/mol. The lowest BCUT2D eigenvalue weighted by atomic mass is 9.97. The molecule has 2 aliphatic heterocycles. The van der Waals surface area contributed by atoms with Crippen LogP contribution in [0.3, 0.4) is 0 Å². The van der Waals surface area contributed by atoms with Crippen molar-refractivity contribution in [2.45, 2.75) is 31.2 Å². The third-order valence-electron chi connectivity index (χ3n) is 5.83. The molecule has 2 aromatic carbocycles. The molecule has 3 heterocycles. The van der Waals surface area contributed by atoms with Crippen LogP contribution in [0.15, 0.2) is 48.5 Å². The maximum atomic E-state index is 13.9. The average Bonchev–Trinajstić information content (AvgIpc) is 3.47. The Morgan fingerprint density at radius 1 is 1.18 bits per heavy atom. The van der Waals surface area contributed by atoms with Gasteiger partial charge >= 0.3 is 6.18 Å². The summed E-state index contributed by atoms with van der Waals surface area (Å²) in [4.78, 5) is 12.7. The van der Waals surface area contributed by atoms with Crippen molar-refractivity contribution in [1.29, 1.82) is 0 Å². The Labute approximate surface area is 192 Å². The number of halogens is 3. The molecule has 0 saturated carbocycles. The van der Waals surface area contributed by atoms with Gasteiger partial charge in [0.25, 0.3) is 5.91 Å². The summed E-state index contributed by atoms with van der Waals surface area (Å²) >= 11 is 0. The van der Waals surface area contributed by atoms with Crippen molar-refractivity contribution in [2.24, 2.45) is 0 Å². The van der Waals surface area contributed by atoms with Gasteiger partial charge in [-0.15, -0.1) is 0 Å². The molecule has 178 valence electrons. The van der Waals surface area contributed by atoms with Crippen molar-refractivity contribution in [1.82, 2.24) is 15.1 Å². The molecule has 2 N–H and O–H groups in total. The topological polar surface area (TPSA) is 86.6 Å². The van der Waals surface area contributed by atoms with E-state index in [1.165, 1.54) is 13.2 Å². The summed E-state index contributed by atoms with van der Waals surface area (Å²) in [5, 5.41) is 9.75. The molecule has 0 saturated heterocycles. The van der Waals surface area contributed by atoms with Gasteiger partial charge in [-0.2, -0.15) is 18.3 Å². The Bertz CT molecular complexity index is 1210. The van der Waals surface area contributed by atoms with Gasteiger partial charge in [-0.3, -0.25) is 4.79 Å². The molecule has 11 heteroatoms. The van der Waals surface area contributed by atoms with Crippen LogP contribution in [0.1, 0.15) is 40.1 Å². The third kappa shape index (κ3) is 4.20. The van der Waals surface area contributed by atoms with Crippen LogP contribution >= 0.6 is 0 Å². The molecule has 3 aromatic rings. The minimum atomic E-state index is -4.53. The Morgan fingerprint density at radius 2 is 1.94 bits per heavy atom. The summed E-state index contributed by atoms with van der Waals surface area (Å²) in [6, 6.07) is 10.9. The minimum Gasteiger partial charge on any atom is -0.497 e. The molecule has 1 amide bonds. The number of ether oxygens (including phenoxy) is 3. The molecule has 0 bridgehead atoms. The van der Waals surface area contributed by atoms with Crippen LogP contribution in [0.25, 0.3) is 0 Å². The number of aromatic nitrogens is 2. The summed E-state index contributed by atoms with van der Waals surface area (Å²) < 4.78 is 58.2. The van der Waals surface area contributed by atoms with Gasteiger partial charge in [-0.05, 0) is 35.4 Å². The number of alkyl halides is 3. The summed E-state index contributed by atoms with van der Waals surface area (Å²) in [6.45, 7) is 0.290. The zero-order chi connectivity index (χ0) is 23.9. The Morgan fingerprint density at radius 3 is 2.68 bits per heavy atom. The highest BCUT2D eigenvalue weighted by Crippen LogP contribution is 2.43. The number of benzene rings is 2. The highest BCUT2D eigenvalue weighted by Gasteiger charge is 2.46. The molecule has 2 atom stereocenters. The van der Waals surface area contributed by atoms with Crippen molar-refractivity contribution in [3.63, 3.8) is 0 Å². The van der Waals surface area contributed by atoms with Crippen LogP contribution < -0.4 is 24.8 Å². The molecule has 1 aromatic heterocycles. The van der Waals surface area contributed by atoms with Crippen molar-refractivity contribution >= 4 is 11.7 Å². The van der Waals surface area contributed by atoms with Gasteiger partial charge in [-0.25, -0.2) is 4.68 Å². The molecule has 0 spiro atoms. The summed E-state index contributed by atoms with van der Waals surface area (Å²) in [7, 11) is 1.52. The first-order valence-electron chi connectivity index (χ1n) is 10.6. The quantitative estimate of drug-likeness (QED) is 0.576. The molecule has 0 aliphatic carbocycles. The summed E-state index contributed by atoms with van der Waals surface area (Å²) in [6.07, 6.45) is -4.80. The van der Waals surface area contributed by atoms with E-state index in [1.807, 2.05) is 0 Å². The molecule has 5 rings (SSSR count). The number of hydrogen-bond acceptors (Lipinski definition) is 6. The first kappa shape index (κ1) is 21.9. The van der Waals surface area contributed by atoms with Crippen LogP contribution in [-0.4, -0.2) is 35.8 Å². The van der Waals surface area contributed by atoms with Crippen molar-refractivity contribution in [2.75, 3.05) is 19.2 Å². The second kappa shape index (κ2) is 8.47. The largest absolute Gasteiger partial charge is 0.497 e. The molecule has 0 fully saturated rings. The van der Waals surface area contributed by atoms with E-state index in [1.54, 1.807) is 42.5 Å². The van der Waals surface area contributed by atoms with Gasteiger partial charge in [0.05, 0.1) is 13.2 Å². The van der Waals surface area contributed by atoms with Crippen LogP contribution in [-0.2, 0) is 6.54 Å². The highest BCUT2D eigenvalue weighted by atomic mass is 19.4. The van der Waals surface area contributed by atoms with Crippen molar-refractivity contribution in [3.8, 4) is 17.2 Å². The number of carbonyl (C=O) groups is 1. The zero-order valence-electron chi connectivity index (χ0n) is 18.1. The molecular weight excluding hydrogens is 453 g/mol. The lowest BCUT2D eigenvalue weighted by molar-refractivity contribution is -0.173. The predicted octanol–water partition coefficient (Wildman–Crippen LogP) is 4.21. The smallest absolute Gasteiger partial charge is 0.410 e. The number of nitrogens with one attached hydrogen (secondary N) is 2. The summed E-state index contributed by atoms with van der Waals surface area (Å²) in [5.74, 6) is 1.35. The molecule has 2 aliphatic rings. The maximum Gasteiger partial charge on any atom is 0.410 e. The normalized spacial score (nSPS) is 18.7. The second-order valence-electron chi connectivity index (χ2n) is 7.99. The fourth-order valence-electron chi connectivity index (χ4n) is 4.06. The number of amides is 1.